The minimum Gasteiger partial charge on any atom is -0.371 e. The molecule has 5 heteroatoms. The average molecular weight is 374 g/mol. The van der Waals surface area contributed by atoms with Crippen LogP contribution in [0.3, 0.4) is 0 Å². The highest BCUT2D eigenvalue weighted by Crippen LogP contribution is 2.25. The summed E-state index contributed by atoms with van der Waals surface area (Å²) < 4.78 is 0. The van der Waals surface area contributed by atoms with Crippen molar-refractivity contribution in [2.45, 2.75) is 25.8 Å². The van der Waals surface area contributed by atoms with Gasteiger partial charge in [0.2, 0.25) is 0 Å². The molecule has 1 amide bonds. The van der Waals surface area contributed by atoms with Crippen LogP contribution in [-0.4, -0.2) is 41.1 Å². The van der Waals surface area contributed by atoms with Crippen molar-refractivity contribution in [3.63, 3.8) is 0 Å². The molecule has 0 bridgehead atoms. The van der Waals surface area contributed by atoms with Crippen LogP contribution in [0.5, 0.6) is 0 Å². The van der Waals surface area contributed by atoms with Crippen LogP contribution < -0.4 is 4.90 Å². The molecule has 1 aromatic heterocycles. The Morgan fingerprint density at radius 2 is 1.75 bits per heavy atom. The Hall–Kier alpha value is -3.08. The van der Waals surface area contributed by atoms with Gasteiger partial charge in [-0.3, -0.25) is 9.89 Å². The van der Waals surface area contributed by atoms with Crippen LogP contribution in [0, 0.1) is 0 Å². The number of hydrogen-bond acceptors (Lipinski definition) is 3. The number of aromatic nitrogens is 2. The van der Waals surface area contributed by atoms with Crippen LogP contribution in [0.2, 0.25) is 0 Å². The van der Waals surface area contributed by atoms with E-state index in [9.17, 15) is 4.79 Å². The highest BCUT2D eigenvalue weighted by atomic mass is 16.2. The van der Waals surface area contributed by atoms with E-state index in [0.29, 0.717) is 12.2 Å². The van der Waals surface area contributed by atoms with Gasteiger partial charge >= 0.3 is 0 Å². The van der Waals surface area contributed by atoms with Crippen LogP contribution in [0.25, 0.3) is 11.3 Å². The van der Waals surface area contributed by atoms with E-state index in [1.165, 1.54) is 30.5 Å². The molecule has 2 heterocycles. The molecular formula is C23H26N4O. The van der Waals surface area contributed by atoms with Crippen LogP contribution in [0.1, 0.15) is 35.3 Å². The van der Waals surface area contributed by atoms with Crippen molar-refractivity contribution in [1.82, 2.24) is 15.1 Å². The first kappa shape index (κ1) is 18.3. The van der Waals surface area contributed by atoms with Gasteiger partial charge in [-0.25, -0.2) is 0 Å². The number of piperidine rings is 1. The molecular weight excluding hydrogens is 348 g/mol. The van der Waals surface area contributed by atoms with Crippen molar-refractivity contribution in [3.05, 3.63) is 71.9 Å². The maximum atomic E-state index is 12.9. The number of benzene rings is 2. The lowest BCUT2D eigenvalue weighted by Gasteiger charge is -2.31. The van der Waals surface area contributed by atoms with E-state index in [0.717, 1.165) is 24.3 Å². The number of para-hydroxylation sites is 1. The smallest absolute Gasteiger partial charge is 0.271 e. The quantitative estimate of drug-likeness (QED) is 0.723. The molecule has 0 atom stereocenters. The van der Waals surface area contributed by atoms with Crippen LogP contribution >= 0.6 is 0 Å². The van der Waals surface area contributed by atoms with Gasteiger partial charge in [0.05, 0.1) is 5.69 Å². The maximum absolute atomic E-state index is 12.9. The van der Waals surface area contributed by atoms with Crippen LogP contribution in [-0.2, 0) is 6.54 Å². The van der Waals surface area contributed by atoms with Gasteiger partial charge in [0.15, 0.2) is 0 Å². The van der Waals surface area contributed by atoms with E-state index >= 15 is 0 Å². The third-order valence-corrected chi connectivity index (χ3v) is 5.32. The molecule has 0 spiro atoms. The fourth-order valence-electron chi connectivity index (χ4n) is 3.81. The zero-order valence-electron chi connectivity index (χ0n) is 16.3. The summed E-state index contributed by atoms with van der Waals surface area (Å²) in [6, 6.07) is 20.1. The predicted octanol–water partition coefficient (Wildman–Crippen LogP) is 4.34. The number of aromatic amines is 1. The number of nitrogens with one attached hydrogen (secondary N) is 1. The Morgan fingerprint density at radius 1 is 1.04 bits per heavy atom. The van der Waals surface area contributed by atoms with E-state index in [1.807, 2.05) is 49.5 Å². The van der Waals surface area contributed by atoms with E-state index in [-0.39, 0.29) is 5.91 Å². The zero-order chi connectivity index (χ0) is 19.3. The van der Waals surface area contributed by atoms with Crippen LogP contribution in [0.4, 0.5) is 5.69 Å². The molecule has 28 heavy (non-hydrogen) atoms. The van der Waals surface area contributed by atoms with Gasteiger partial charge < -0.3 is 9.80 Å². The molecule has 1 fully saturated rings. The molecule has 3 aromatic rings. The Kier molecular flexibility index (Phi) is 5.42. The summed E-state index contributed by atoms with van der Waals surface area (Å²) in [7, 11) is 1.85. The summed E-state index contributed by atoms with van der Waals surface area (Å²) in [5, 5.41) is 7.20. The van der Waals surface area contributed by atoms with E-state index in [2.05, 4.69) is 33.3 Å². The van der Waals surface area contributed by atoms with Gasteiger partial charge in [-0.2, -0.15) is 5.10 Å². The fourth-order valence-corrected chi connectivity index (χ4v) is 3.81. The normalized spacial score (nSPS) is 14.1. The lowest BCUT2D eigenvalue weighted by atomic mass is 10.1. The number of H-pyrrole nitrogens is 1. The number of amides is 1. The van der Waals surface area contributed by atoms with Crippen molar-refractivity contribution in [2.75, 3.05) is 25.0 Å². The Bertz CT molecular complexity index is 929. The molecule has 1 N–H and O–H groups in total. The van der Waals surface area contributed by atoms with Crippen LogP contribution in [0.15, 0.2) is 60.7 Å². The molecule has 0 saturated carbocycles. The summed E-state index contributed by atoms with van der Waals surface area (Å²) in [5.41, 5.74) is 4.72. The number of nitrogens with zero attached hydrogens (tertiary/aromatic N) is 3. The van der Waals surface area contributed by atoms with Crippen molar-refractivity contribution < 1.29 is 4.79 Å². The Morgan fingerprint density at radius 3 is 2.54 bits per heavy atom. The summed E-state index contributed by atoms with van der Waals surface area (Å²) in [6.45, 7) is 2.76. The second-order valence-electron chi connectivity index (χ2n) is 7.37. The Labute approximate surface area is 166 Å². The van der Waals surface area contributed by atoms with Crippen molar-refractivity contribution >= 4 is 11.6 Å². The zero-order valence-corrected chi connectivity index (χ0v) is 16.3. The van der Waals surface area contributed by atoms with E-state index in [4.69, 9.17) is 0 Å². The molecule has 0 radical (unpaired) electrons. The minimum atomic E-state index is -0.0527. The maximum Gasteiger partial charge on any atom is 0.271 e. The summed E-state index contributed by atoms with van der Waals surface area (Å²) in [4.78, 5) is 17.1. The lowest BCUT2D eigenvalue weighted by molar-refractivity contribution is 0.0779. The second kappa shape index (κ2) is 8.30. The molecule has 5 nitrogen and oxygen atoms in total. The first-order valence-corrected chi connectivity index (χ1v) is 9.91. The largest absolute Gasteiger partial charge is 0.371 e. The summed E-state index contributed by atoms with van der Waals surface area (Å²) in [6.07, 6.45) is 3.78. The second-order valence-corrected chi connectivity index (χ2v) is 7.37. The van der Waals surface area contributed by atoms with Crippen molar-refractivity contribution in [2.24, 2.45) is 0 Å². The number of rotatable bonds is 5. The Balaban J connectivity index is 1.49. The minimum absolute atomic E-state index is 0.0527. The standard InChI is InChI=1S/C23H26N4O/c1-26(17-19-12-6-7-13-22(19)27-14-8-3-9-15-27)23(28)21-16-20(24-25-21)18-10-4-2-5-11-18/h2,4-7,10-13,16H,3,8-9,14-15,17H2,1H3,(H,24,25). The third-order valence-electron chi connectivity index (χ3n) is 5.32. The monoisotopic (exact) mass is 374 g/mol. The molecule has 0 unspecified atom stereocenters. The third kappa shape index (κ3) is 3.93. The van der Waals surface area contributed by atoms with E-state index < -0.39 is 0 Å². The van der Waals surface area contributed by atoms with Gasteiger partial charge in [-0.05, 0) is 37.0 Å². The SMILES string of the molecule is CN(Cc1ccccc1N1CCCCC1)C(=O)c1cc(-c2ccccc2)n[nH]1. The number of hydrogen-bond donors (Lipinski definition) is 1. The highest BCUT2D eigenvalue weighted by Gasteiger charge is 2.19. The first-order chi connectivity index (χ1) is 13.7. The molecule has 2 aromatic carbocycles. The molecule has 1 saturated heterocycles. The topological polar surface area (TPSA) is 52.2 Å². The van der Waals surface area contributed by atoms with Gasteiger partial charge in [-0.15, -0.1) is 0 Å². The molecule has 1 aliphatic heterocycles. The first-order valence-electron chi connectivity index (χ1n) is 9.91. The fraction of sp³-hybridized carbons (Fsp3) is 0.304. The van der Waals surface area contributed by atoms with Gasteiger partial charge in [0.25, 0.3) is 5.91 Å². The number of carbonyl (C=O) groups is 1. The lowest BCUT2D eigenvalue weighted by Crippen LogP contribution is -2.32. The number of anilines is 1. The molecule has 144 valence electrons. The predicted molar refractivity (Wildman–Crippen MR) is 112 cm³/mol. The van der Waals surface area contributed by atoms with Crippen molar-refractivity contribution in [1.29, 1.82) is 0 Å². The summed E-state index contributed by atoms with van der Waals surface area (Å²) >= 11 is 0. The molecule has 1 aliphatic rings. The molecule has 4 rings (SSSR count). The summed E-state index contributed by atoms with van der Waals surface area (Å²) in [5.74, 6) is -0.0527. The molecule has 0 aliphatic carbocycles. The van der Waals surface area contributed by atoms with Gasteiger partial charge in [0.1, 0.15) is 5.69 Å². The van der Waals surface area contributed by atoms with Gasteiger partial charge in [-0.1, -0.05) is 48.5 Å². The van der Waals surface area contributed by atoms with E-state index in [1.54, 1.807) is 4.90 Å². The average Bonchev–Trinajstić information content (AvgIpc) is 3.25. The highest BCUT2D eigenvalue weighted by molar-refractivity contribution is 5.93. The van der Waals surface area contributed by atoms with Crippen molar-refractivity contribution in [3.8, 4) is 11.3 Å². The number of carbonyl (C=O) groups excluding carboxylic acids is 1. The van der Waals surface area contributed by atoms with Gasteiger partial charge in [0, 0.05) is 37.9 Å².